The molecule has 0 fully saturated rings. The average molecular weight is 280 g/mol. The molecule has 1 heterocycles. The number of aryl methyl sites for hydroxylation is 1. The molecule has 2 nitrogen and oxygen atoms in total. The number of benzene rings is 2. The lowest BCUT2D eigenvalue weighted by Gasteiger charge is -1.92. The van der Waals surface area contributed by atoms with Gasteiger partial charge >= 0.3 is 0 Å². The number of hydrogen-bond donors (Lipinski definition) is 0. The third-order valence-corrected chi connectivity index (χ3v) is 5.09. The molecule has 0 bridgehead atoms. The Labute approximate surface area is 120 Å². The summed E-state index contributed by atoms with van der Waals surface area (Å²) in [7, 11) is 0.0418. The molecule has 1 aromatic heterocycles. The van der Waals surface area contributed by atoms with Gasteiger partial charge < -0.3 is 0 Å². The summed E-state index contributed by atoms with van der Waals surface area (Å²) in [5.41, 5.74) is 2.85. The molecule has 20 heavy (non-hydrogen) atoms. The Balaban J connectivity index is 1.93. The maximum Gasteiger partial charge on any atom is 0.267 e. The first-order valence-electron chi connectivity index (χ1n) is 6.35. The molecule has 3 aromatic rings. The molecule has 1 unspecified atom stereocenters. The molecule has 0 radical (unpaired) electrons. The molecule has 0 aliphatic rings. The van der Waals surface area contributed by atoms with Crippen LogP contribution in [0, 0.1) is 0 Å². The van der Waals surface area contributed by atoms with Gasteiger partial charge in [0.05, 0.1) is 0 Å². The van der Waals surface area contributed by atoms with Crippen molar-refractivity contribution < 1.29 is 4.79 Å². The highest BCUT2D eigenvalue weighted by molar-refractivity contribution is 7.36. The second-order valence-corrected chi connectivity index (χ2v) is 6.42. The minimum Gasteiger partial charge on any atom is -0.298 e. The second-order valence-electron chi connectivity index (χ2n) is 4.55. The van der Waals surface area contributed by atoms with E-state index in [0.717, 1.165) is 22.4 Å². The van der Waals surface area contributed by atoms with Crippen molar-refractivity contribution in [2.24, 2.45) is 6.26 Å². The number of thiazole rings is 1. The Morgan fingerprint density at radius 1 is 0.950 bits per heavy atom. The normalized spacial score (nSPS) is 12.2. The highest BCUT2D eigenvalue weighted by Crippen LogP contribution is 2.32. The topological polar surface area (TPSA) is 30.0 Å². The Hall–Kier alpha value is -2.26. The molecule has 0 saturated heterocycles. The Morgan fingerprint density at radius 3 is 2.35 bits per heavy atom. The van der Waals surface area contributed by atoms with Crippen molar-refractivity contribution in [2.75, 3.05) is 0 Å². The van der Waals surface area contributed by atoms with Crippen LogP contribution in [0.4, 0.5) is 0 Å². The molecule has 0 N–H and O–H groups in total. The first kappa shape index (κ1) is 12.8. The number of rotatable bonds is 3. The van der Waals surface area contributed by atoms with E-state index in [1.54, 1.807) is 0 Å². The van der Waals surface area contributed by atoms with Crippen molar-refractivity contribution in [3.63, 3.8) is 0 Å². The number of aldehydes is 1. The number of carbonyl (C=O) groups is 1. The van der Waals surface area contributed by atoms with E-state index in [2.05, 4.69) is 35.5 Å². The van der Waals surface area contributed by atoms with Gasteiger partial charge in [-0.15, -0.1) is 0 Å². The fourth-order valence-corrected chi connectivity index (χ4v) is 3.54. The molecular weight excluding hydrogens is 266 g/mol. The van der Waals surface area contributed by atoms with Gasteiger partial charge in [0, 0.05) is 28.2 Å². The SMILES string of the molecule is C[s+]1c(C=Cc2ccc(C=O)cc2)nc2ccccc21. The van der Waals surface area contributed by atoms with Gasteiger partial charge in [-0.2, -0.15) is 4.98 Å². The number of hydrogen-bond acceptors (Lipinski definition) is 2. The highest BCUT2D eigenvalue weighted by atomic mass is 32.2. The van der Waals surface area contributed by atoms with Crippen LogP contribution < -0.4 is 0 Å². The van der Waals surface area contributed by atoms with Crippen LogP contribution in [0.1, 0.15) is 20.9 Å². The van der Waals surface area contributed by atoms with Gasteiger partial charge in [0.2, 0.25) is 4.70 Å². The zero-order valence-corrected chi connectivity index (χ0v) is 11.9. The first-order chi connectivity index (χ1) is 9.78. The Morgan fingerprint density at radius 2 is 1.65 bits per heavy atom. The fourth-order valence-electron chi connectivity index (χ4n) is 2.10. The summed E-state index contributed by atoms with van der Waals surface area (Å²) in [6.07, 6.45) is 7.17. The summed E-state index contributed by atoms with van der Waals surface area (Å²) in [5.74, 6) is 0. The van der Waals surface area contributed by atoms with E-state index >= 15 is 0 Å². The van der Waals surface area contributed by atoms with Gasteiger partial charge in [-0.25, -0.2) is 0 Å². The molecule has 3 rings (SSSR count). The molecule has 3 heteroatoms. The molecular formula is C17H14NOS+. The van der Waals surface area contributed by atoms with E-state index < -0.39 is 0 Å². The fraction of sp³-hybridized carbons (Fsp3) is 0.0588. The van der Waals surface area contributed by atoms with Gasteiger partial charge in [0.1, 0.15) is 18.1 Å². The molecule has 0 aliphatic carbocycles. The van der Waals surface area contributed by atoms with E-state index in [-0.39, 0.29) is 10.5 Å². The number of nitrogens with zero attached hydrogens (tertiary/aromatic N) is 1. The third-order valence-electron chi connectivity index (χ3n) is 3.23. The summed E-state index contributed by atoms with van der Waals surface area (Å²) >= 11 is 0. The van der Waals surface area contributed by atoms with E-state index in [1.807, 2.05) is 36.4 Å². The Kier molecular flexibility index (Phi) is 3.44. The standard InChI is InChI=1S/C17H14NOS/c1-20-16-5-3-2-4-15(16)18-17(20)11-10-13-6-8-14(12-19)9-7-13/h2-12H,1H3/q+1. The average Bonchev–Trinajstić information content (AvgIpc) is 2.83. The molecule has 98 valence electrons. The summed E-state index contributed by atoms with van der Waals surface area (Å²) in [6.45, 7) is 0. The molecule has 0 amide bonds. The lowest BCUT2D eigenvalue weighted by Crippen LogP contribution is -1.78. The molecule has 0 spiro atoms. The maximum absolute atomic E-state index is 10.6. The van der Waals surface area contributed by atoms with Gasteiger partial charge in [-0.05, 0) is 17.7 Å². The van der Waals surface area contributed by atoms with Crippen LogP contribution in [0.3, 0.4) is 0 Å². The van der Waals surface area contributed by atoms with Gasteiger partial charge in [0.25, 0.3) is 5.01 Å². The molecule has 0 aliphatic heterocycles. The number of aromatic nitrogens is 1. The zero-order chi connectivity index (χ0) is 13.9. The Bertz CT molecular complexity index is 784. The first-order valence-corrected chi connectivity index (χ1v) is 7.98. The van der Waals surface area contributed by atoms with Crippen molar-refractivity contribution in [3.05, 3.63) is 64.7 Å². The van der Waals surface area contributed by atoms with Crippen LogP contribution in [0.15, 0.2) is 48.5 Å². The van der Waals surface area contributed by atoms with E-state index in [0.29, 0.717) is 5.56 Å². The van der Waals surface area contributed by atoms with Crippen molar-refractivity contribution in [1.82, 2.24) is 4.98 Å². The van der Waals surface area contributed by atoms with Crippen LogP contribution in [0.2, 0.25) is 0 Å². The smallest absolute Gasteiger partial charge is 0.267 e. The summed E-state index contributed by atoms with van der Waals surface area (Å²) in [6, 6.07) is 15.8. The molecule has 2 aromatic carbocycles. The predicted octanol–water partition coefficient (Wildman–Crippen LogP) is 4.50. The zero-order valence-electron chi connectivity index (χ0n) is 11.1. The van der Waals surface area contributed by atoms with Crippen LogP contribution in [0.25, 0.3) is 22.4 Å². The van der Waals surface area contributed by atoms with E-state index in [4.69, 9.17) is 0 Å². The largest absolute Gasteiger partial charge is 0.298 e. The minimum absolute atomic E-state index is 0.0418. The predicted molar refractivity (Wildman–Crippen MR) is 86.0 cm³/mol. The lowest BCUT2D eigenvalue weighted by atomic mass is 10.1. The second kappa shape index (κ2) is 5.39. The van der Waals surface area contributed by atoms with Crippen molar-refractivity contribution in [1.29, 1.82) is 0 Å². The summed E-state index contributed by atoms with van der Waals surface area (Å²) < 4.78 is 1.31. The highest BCUT2D eigenvalue weighted by Gasteiger charge is 2.15. The quantitative estimate of drug-likeness (QED) is 0.522. The van der Waals surface area contributed by atoms with Gasteiger partial charge in [-0.3, -0.25) is 4.79 Å². The van der Waals surface area contributed by atoms with Crippen LogP contribution in [0.5, 0.6) is 0 Å². The van der Waals surface area contributed by atoms with Crippen molar-refractivity contribution >= 4 is 39.1 Å². The summed E-state index contributed by atoms with van der Waals surface area (Å²) in [4.78, 5) is 15.3. The van der Waals surface area contributed by atoms with Gasteiger partial charge in [-0.1, -0.05) is 36.4 Å². The maximum atomic E-state index is 10.6. The molecule has 0 saturated carbocycles. The van der Waals surface area contributed by atoms with Crippen molar-refractivity contribution in [2.45, 2.75) is 0 Å². The third kappa shape index (κ3) is 2.40. The van der Waals surface area contributed by atoms with Crippen molar-refractivity contribution in [3.8, 4) is 0 Å². The monoisotopic (exact) mass is 280 g/mol. The lowest BCUT2D eigenvalue weighted by molar-refractivity contribution is 0.112. The number of para-hydroxylation sites is 1. The van der Waals surface area contributed by atoms with E-state index in [1.165, 1.54) is 4.70 Å². The number of fused-ring (bicyclic) bond motifs is 1. The van der Waals surface area contributed by atoms with Gasteiger partial charge in [0.15, 0.2) is 0 Å². The van der Waals surface area contributed by atoms with Crippen LogP contribution >= 0.6 is 10.5 Å². The minimum atomic E-state index is 0.0418. The van der Waals surface area contributed by atoms with Crippen LogP contribution in [-0.2, 0) is 6.26 Å². The number of carbonyl (C=O) groups excluding carboxylic acids is 1. The summed E-state index contributed by atoms with van der Waals surface area (Å²) in [5, 5.41) is 1.10. The van der Waals surface area contributed by atoms with Crippen LogP contribution in [-0.4, -0.2) is 11.3 Å². The molecule has 1 atom stereocenters. The van der Waals surface area contributed by atoms with E-state index in [9.17, 15) is 4.79 Å².